The van der Waals surface area contributed by atoms with Crippen molar-refractivity contribution in [3.8, 4) is 11.8 Å². The van der Waals surface area contributed by atoms with E-state index in [2.05, 4.69) is 17.6 Å². The predicted molar refractivity (Wildman–Crippen MR) is 103 cm³/mol. The topological polar surface area (TPSA) is 66.2 Å². The molecule has 0 fully saturated rings. The molecule has 0 radical (unpaired) electrons. The number of anilines is 1. The molecule has 5 nitrogen and oxygen atoms in total. The average molecular weight is 369 g/mol. The van der Waals surface area contributed by atoms with Gasteiger partial charge in [0.05, 0.1) is 27.4 Å². The van der Waals surface area contributed by atoms with Gasteiger partial charge >= 0.3 is 6.09 Å². The van der Waals surface area contributed by atoms with Gasteiger partial charge in [-0.3, -0.25) is 4.90 Å². The minimum atomic E-state index is -0.491. The molecular weight excluding hydrogens is 354 g/mol. The van der Waals surface area contributed by atoms with E-state index in [9.17, 15) is 4.79 Å². The maximum absolute atomic E-state index is 12.7. The number of carbonyl (C=O) groups is 1. The van der Waals surface area contributed by atoms with Gasteiger partial charge in [0.15, 0.2) is 0 Å². The number of ether oxygens (including phenoxy) is 1. The number of hydrogen-bond acceptors (Lipinski definition) is 6. The van der Waals surface area contributed by atoms with Crippen LogP contribution in [0.2, 0.25) is 0 Å². The van der Waals surface area contributed by atoms with Gasteiger partial charge in [-0.25, -0.2) is 9.78 Å². The molecule has 1 aromatic heterocycles. The molecule has 126 valence electrons. The lowest BCUT2D eigenvalue weighted by Gasteiger charge is -2.27. The van der Waals surface area contributed by atoms with E-state index in [1.54, 1.807) is 34.7 Å². The minimum Gasteiger partial charge on any atom is -0.410 e. The first-order valence-electron chi connectivity index (χ1n) is 7.57. The van der Waals surface area contributed by atoms with Crippen molar-refractivity contribution in [2.45, 2.75) is 13.0 Å². The Kier molecular flexibility index (Phi) is 5.22. The van der Waals surface area contributed by atoms with Crippen LogP contribution in [0.1, 0.15) is 12.5 Å². The quantitative estimate of drug-likeness (QED) is 0.688. The molecule has 25 heavy (non-hydrogen) atoms. The van der Waals surface area contributed by atoms with Crippen LogP contribution in [0.3, 0.4) is 0 Å². The van der Waals surface area contributed by atoms with Gasteiger partial charge in [0.2, 0.25) is 0 Å². The summed E-state index contributed by atoms with van der Waals surface area (Å²) in [5.74, 6) is 0.877. The Labute approximate surface area is 154 Å². The maximum atomic E-state index is 12.7. The molecular formula is C18H15N3O2S2. The number of carbonyl (C=O) groups excluding carboxylic acids is 1. The molecule has 1 unspecified atom stereocenters. The third-order valence-corrected chi connectivity index (χ3v) is 5.00. The third-order valence-electron chi connectivity index (χ3n) is 3.68. The van der Waals surface area contributed by atoms with E-state index in [1.165, 1.54) is 11.3 Å². The van der Waals surface area contributed by atoms with E-state index in [-0.39, 0.29) is 6.04 Å². The highest BCUT2D eigenvalue weighted by Crippen LogP contribution is 2.27. The molecule has 0 saturated carbocycles. The lowest BCUT2D eigenvalue weighted by molar-refractivity contribution is 0.206. The van der Waals surface area contributed by atoms with E-state index < -0.39 is 6.09 Å². The molecule has 0 aliphatic heterocycles. The zero-order valence-electron chi connectivity index (χ0n) is 13.4. The molecule has 3 rings (SSSR count). The Morgan fingerprint density at radius 3 is 2.80 bits per heavy atom. The smallest absolute Gasteiger partial charge is 0.410 e. The van der Waals surface area contributed by atoms with Crippen LogP contribution in [0.15, 0.2) is 48.0 Å². The van der Waals surface area contributed by atoms with Crippen molar-refractivity contribution in [2.24, 2.45) is 0 Å². The highest BCUT2D eigenvalue weighted by atomic mass is 32.1. The van der Waals surface area contributed by atoms with Crippen LogP contribution in [-0.4, -0.2) is 22.9 Å². The van der Waals surface area contributed by atoms with Crippen molar-refractivity contribution in [1.82, 2.24) is 4.98 Å². The summed E-state index contributed by atoms with van der Waals surface area (Å²) < 4.78 is 6.48. The first-order chi connectivity index (χ1) is 12.1. The normalized spacial score (nSPS) is 11.7. The summed E-state index contributed by atoms with van der Waals surface area (Å²) in [6.45, 7) is 1.91. The average Bonchev–Trinajstić information content (AvgIpc) is 3.10. The Balaban J connectivity index is 1.88. The van der Waals surface area contributed by atoms with Crippen LogP contribution < -0.4 is 9.64 Å². The highest BCUT2D eigenvalue weighted by Gasteiger charge is 2.24. The fourth-order valence-electron chi connectivity index (χ4n) is 2.36. The van der Waals surface area contributed by atoms with Crippen LogP contribution >= 0.6 is 24.0 Å². The summed E-state index contributed by atoms with van der Waals surface area (Å²) in [6.07, 6.45) is -0.491. The highest BCUT2D eigenvalue weighted by molar-refractivity contribution is 7.80. The van der Waals surface area contributed by atoms with Crippen molar-refractivity contribution < 1.29 is 9.53 Å². The molecule has 0 saturated heterocycles. The number of thiol groups is 1. The molecule has 0 aliphatic carbocycles. The van der Waals surface area contributed by atoms with Crippen LogP contribution in [0.4, 0.5) is 10.5 Å². The monoisotopic (exact) mass is 369 g/mol. The zero-order valence-corrected chi connectivity index (χ0v) is 15.1. The zero-order chi connectivity index (χ0) is 17.8. The molecule has 3 aromatic rings. The summed E-state index contributed by atoms with van der Waals surface area (Å²) in [5, 5.41) is 8.84. The molecule has 0 bridgehead atoms. The van der Waals surface area contributed by atoms with Gasteiger partial charge in [0.1, 0.15) is 5.75 Å². The predicted octanol–water partition coefficient (Wildman–Crippen LogP) is 4.49. The molecule has 0 aliphatic rings. The van der Waals surface area contributed by atoms with Gasteiger partial charge in [-0.2, -0.15) is 17.9 Å². The second-order valence-corrected chi connectivity index (χ2v) is 6.66. The molecule has 0 N–H and O–H groups in total. The number of nitrogens with zero attached hydrogens (tertiary/aromatic N) is 3. The summed E-state index contributed by atoms with van der Waals surface area (Å²) in [4.78, 5) is 18.6. The summed E-state index contributed by atoms with van der Waals surface area (Å²) in [6, 6.07) is 14.0. The molecule has 2 aromatic carbocycles. The maximum Gasteiger partial charge on any atom is 0.420 e. The standard InChI is InChI=1S/C18H15N3O2S2/c1-12(10-24)21(14-4-7-16-17(8-14)25-11-20-16)18(22)23-15-5-2-13(9-19)3-6-15/h2-8,11-12,24H,10H2,1H3. The van der Waals surface area contributed by atoms with Gasteiger partial charge in [0.25, 0.3) is 0 Å². The number of benzene rings is 2. The number of fused-ring (bicyclic) bond motifs is 1. The van der Waals surface area contributed by atoms with Crippen molar-refractivity contribution >= 4 is 46.0 Å². The molecule has 0 spiro atoms. The van der Waals surface area contributed by atoms with Gasteiger partial charge in [-0.05, 0) is 49.4 Å². The van der Waals surface area contributed by atoms with E-state index in [4.69, 9.17) is 10.00 Å². The Morgan fingerprint density at radius 1 is 1.36 bits per heavy atom. The lowest BCUT2D eigenvalue weighted by atomic mass is 10.2. The summed E-state index contributed by atoms with van der Waals surface area (Å²) in [7, 11) is 0. The van der Waals surface area contributed by atoms with Crippen LogP contribution in [-0.2, 0) is 0 Å². The van der Waals surface area contributed by atoms with E-state index >= 15 is 0 Å². The second kappa shape index (κ2) is 7.55. The molecule has 1 heterocycles. The van der Waals surface area contributed by atoms with Crippen molar-refractivity contribution in [1.29, 1.82) is 5.26 Å². The van der Waals surface area contributed by atoms with Gasteiger partial charge in [0, 0.05) is 17.5 Å². The lowest BCUT2D eigenvalue weighted by Crippen LogP contribution is -2.41. The number of thiazole rings is 1. The fraction of sp³-hybridized carbons (Fsp3) is 0.167. The SMILES string of the molecule is CC(CS)N(C(=O)Oc1ccc(C#N)cc1)c1ccc2ncsc2c1. The van der Waals surface area contributed by atoms with Crippen LogP contribution in [0.25, 0.3) is 10.2 Å². The number of rotatable bonds is 4. The van der Waals surface area contributed by atoms with E-state index in [0.29, 0.717) is 17.1 Å². The molecule has 1 amide bonds. The van der Waals surface area contributed by atoms with Gasteiger partial charge < -0.3 is 4.74 Å². The molecule has 7 heteroatoms. The van der Waals surface area contributed by atoms with Crippen molar-refractivity contribution in [2.75, 3.05) is 10.7 Å². The first kappa shape index (κ1) is 17.3. The first-order valence-corrected chi connectivity index (χ1v) is 9.09. The minimum absolute atomic E-state index is 0.153. The Hall–Kier alpha value is -2.56. The van der Waals surface area contributed by atoms with E-state index in [1.807, 2.05) is 31.2 Å². The molecule has 1 atom stereocenters. The Morgan fingerprint density at radius 2 is 2.12 bits per heavy atom. The fourth-order valence-corrected chi connectivity index (χ4v) is 3.24. The number of nitriles is 1. The number of hydrogen-bond donors (Lipinski definition) is 1. The number of amides is 1. The third kappa shape index (κ3) is 3.76. The second-order valence-electron chi connectivity index (χ2n) is 5.41. The van der Waals surface area contributed by atoms with Crippen LogP contribution in [0, 0.1) is 11.3 Å². The van der Waals surface area contributed by atoms with E-state index in [0.717, 1.165) is 15.9 Å². The largest absolute Gasteiger partial charge is 0.420 e. The van der Waals surface area contributed by atoms with Gasteiger partial charge in [-0.15, -0.1) is 11.3 Å². The summed E-state index contributed by atoms with van der Waals surface area (Å²) in [5.41, 5.74) is 3.91. The summed E-state index contributed by atoms with van der Waals surface area (Å²) >= 11 is 5.84. The number of aromatic nitrogens is 1. The Bertz CT molecular complexity index is 931. The van der Waals surface area contributed by atoms with Crippen LogP contribution in [0.5, 0.6) is 5.75 Å². The van der Waals surface area contributed by atoms with Crippen molar-refractivity contribution in [3.05, 3.63) is 53.5 Å². The van der Waals surface area contributed by atoms with Crippen molar-refractivity contribution in [3.63, 3.8) is 0 Å². The van der Waals surface area contributed by atoms with Gasteiger partial charge in [-0.1, -0.05) is 0 Å².